The number of nitrogens with one attached hydrogen (secondary N) is 1. The van der Waals surface area contributed by atoms with E-state index in [1.54, 1.807) is 13.0 Å². The first-order valence-corrected chi connectivity index (χ1v) is 6.74. The normalized spacial score (nSPS) is 12.6. The fourth-order valence-electron chi connectivity index (χ4n) is 1.81. The number of rotatable bonds is 4. The summed E-state index contributed by atoms with van der Waals surface area (Å²) in [4.78, 5) is 12.4. The molecule has 6 heteroatoms. The zero-order chi connectivity index (χ0) is 14.0. The third kappa shape index (κ3) is 2.85. The van der Waals surface area contributed by atoms with E-state index in [1.165, 1.54) is 23.5 Å². The maximum absolute atomic E-state index is 13.2. The van der Waals surface area contributed by atoms with Gasteiger partial charge in [-0.2, -0.15) is 0 Å². The highest BCUT2D eigenvalue weighted by molar-refractivity contribution is 7.21. The van der Waals surface area contributed by atoms with E-state index in [2.05, 4.69) is 5.32 Å². The van der Waals surface area contributed by atoms with Crippen molar-refractivity contribution in [2.45, 2.75) is 19.4 Å². The lowest BCUT2D eigenvalue weighted by Gasteiger charge is -2.11. The Kier molecular flexibility index (Phi) is 4.01. The predicted molar refractivity (Wildman–Crippen MR) is 74.8 cm³/mol. The van der Waals surface area contributed by atoms with Crippen molar-refractivity contribution in [3.63, 3.8) is 0 Å². The van der Waals surface area contributed by atoms with E-state index in [0.717, 1.165) is 4.70 Å². The monoisotopic (exact) mass is 282 g/mol. The molecule has 1 amide bonds. The summed E-state index contributed by atoms with van der Waals surface area (Å²) in [6.07, 6.45) is 0.477. The van der Waals surface area contributed by atoms with E-state index < -0.39 is 0 Å². The Morgan fingerprint density at radius 3 is 3.00 bits per heavy atom. The van der Waals surface area contributed by atoms with Crippen molar-refractivity contribution in [3.05, 3.63) is 28.9 Å². The molecule has 0 radical (unpaired) electrons. The van der Waals surface area contributed by atoms with Gasteiger partial charge in [0.1, 0.15) is 10.7 Å². The van der Waals surface area contributed by atoms with E-state index in [1.807, 2.05) is 0 Å². The fourth-order valence-corrected chi connectivity index (χ4v) is 2.82. The number of carbonyl (C=O) groups is 1. The van der Waals surface area contributed by atoms with Gasteiger partial charge in [-0.1, -0.05) is 0 Å². The first-order valence-electron chi connectivity index (χ1n) is 5.92. The third-order valence-corrected chi connectivity index (χ3v) is 4.02. The first-order chi connectivity index (χ1) is 9.02. The average molecular weight is 282 g/mol. The smallest absolute Gasteiger partial charge is 0.263 e. The zero-order valence-electron chi connectivity index (χ0n) is 10.4. The van der Waals surface area contributed by atoms with Gasteiger partial charge in [0.05, 0.1) is 5.69 Å². The van der Waals surface area contributed by atoms with Gasteiger partial charge in [-0.15, -0.1) is 11.3 Å². The summed E-state index contributed by atoms with van der Waals surface area (Å²) >= 11 is 1.23. The molecule has 1 heterocycles. The lowest BCUT2D eigenvalue weighted by molar-refractivity contribution is 0.0939. The summed E-state index contributed by atoms with van der Waals surface area (Å²) in [7, 11) is 0. The minimum atomic E-state index is -0.377. The van der Waals surface area contributed by atoms with Crippen LogP contribution in [0.1, 0.15) is 23.0 Å². The van der Waals surface area contributed by atoms with E-state index in [9.17, 15) is 9.18 Å². The van der Waals surface area contributed by atoms with Crippen LogP contribution in [0, 0.1) is 5.82 Å². The second kappa shape index (κ2) is 5.54. The molecule has 1 atom stereocenters. The summed E-state index contributed by atoms with van der Waals surface area (Å²) in [5.41, 5.74) is 6.19. The van der Waals surface area contributed by atoms with Gasteiger partial charge < -0.3 is 16.2 Å². The van der Waals surface area contributed by atoms with Gasteiger partial charge in [0.2, 0.25) is 0 Å². The quantitative estimate of drug-likeness (QED) is 0.804. The second-order valence-corrected chi connectivity index (χ2v) is 5.42. The molecule has 1 aromatic heterocycles. The molecule has 2 aromatic rings. The summed E-state index contributed by atoms with van der Waals surface area (Å²) in [5.74, 6) is -0.669. The molecular formula is C13H15FN2O2S. The Hall–Kier alpha value is -1.66. The van der Waals surface area contributed by atoms with Crippen molar-refractivity contribution in [2.24, 2.45) is 0 Å². The van der Waals surface area contributed by atoms with Gasteiger partial charge in [-0.25, -0.2) is 4.39 Å². The molecule has 2 rings (SSSR count). The van der Waals surface area contributed by atoms with Crippen LogP contribution in [0.25, 0.3) is 10.1 Å². The van der Waals surface area contributed by atoms with Crippen LogP contribution in [0.15, 0.2) is 18.2 Å². The molecule has 0 fully saturated rings. The van der Waals surface area contributed by atoms with Crippen LogP contribution in [0.3, 0.4) is 0 Å². The molecule has 1 unspecified atom stereocenters. The number of aliphatic hydroxyl groups excluding tert-OH is 1. The van der Waals surface area contributed by atoms with E-state index in [-0.39, 0.29) is 24.4 Å². The Morgan fingerprint density at radius 2 is 2.32 bits per heavy atom. The lowest BCUT2D eigenvalue weighted by atomic mass is 10.2. The molecule has 102 valence electrons. The summed E-state index contributed by atoms with van der Waals surface area (Å²) < 4.78 is 13.9. The molecular weight excluding hydrogens is 267 g/mol. The number of aliphatic hydroxyl groups is 1. The van der Waals surface area contributed by atoms with Crippen molar-refractivity contribution in [1.82, 2.24) is 5.32 Å². The van der Waals surface area contributed by atoms with E-state index in [4.69, 9.17) is 10.8 Å². The highest BCUT2D eigenvalue weighted by atomic mass is 32.1. The van der Waals surface area contributed by atoms with Crippen LogP contribution in [0.5, 0.6) is 0 Å². The average Bonchev–Trinajstić information content (AvgIpc) is 2.67. The van der Waals surface area contributed by atoms with Crippen LogP contribution >= 0.6 is 11.3 Å². The Labute approximate surface area is 114 Å². The number of nitrogen functional groups attached to an aromatic ring is 1. The number of hydrogen-bond donors (Lipinski definition) is 3. The van der Waals surface area contributed by atoms with Crippen LogP contribution in [0.2, 0.25) is 0 Å². The van der Waals surface area contributed by atoms with Gasteiger partial charge in [0, 0.05) is 22.7 Å². The van der Waals surface area contributed by atoms with Crippen molar-refractivity contribution >= 4 is 33.0 Å². The standard InChI is InChI=1S/C13H15FN2O2S/c1-7(4-5-17)16-13(18)12-11(15)9-6-8(14)2-3-10(9)19-12/h2-3,6-7,17H,4-5,15H2,1H3,(H,16,18). The number of thiophene rings is 1. The van der Waals surface area contributed by atoms with Gasteiger partial charge in [0.25, 0.3) is 5.91 Å². The number of halogens is 1. The van der Waals surface area contributed by atoms with Crippen molar-refractivity contribution in [1.29, 1.82) is 0 Å². The van der Waals surface area contributed by atoms with Crippen LogP contribution in [-0.2, 0) is 0 Å². The molecule has 0 aliphatic heterocycles. The van der Waals surface area contributed by atoms with Gasteiger partial charge in [-0.3, -0.25) is 4.79 Å². The molecule has 0 spiro atoms. The molecule has 0 saturated carbocycles. The molecule has 4 nitrogen and oxygen atoms in total. The van der Waals surface area contributed by atoms with E-state index in [0.29, 0.717) is 22.4 Å². The molecule has 19 heavy (non-hydrogen) atoms. The number of amides is 1. The molecule has 0 saturated heterocycles. The summed E-state index contributed by atoms with van der Waals surface area (Å²) in [6, 6.07) is 4.14. The number of carbonyl (C=O) groups excluding carboxylic acids is 1. The Bertz CT molecular complexity index is 612. The zero-order valence-corrected chi connectivity index (χ0v) is 11.3. The van der Waals surface area contributed by atoms with Gasteiger partial charge >= 0.3 is 0 Å². The van der Waals surface area contributed by atoms with Gasteiger partial charge in [0.15, 0.2) is 0 Å². The summed E-state index contributed by atoms with van der Waals surface area (Å²) in [5, 5.41) is 12.1. The summed E-state index contributed by atoms with van der Waals surface area (Å²) in [6.45, 7) is 1.81. The van der Waals surface area contributed by atoms with Crippen LogP contribution < -0.4 is 11.1 Å². The van der Waals surface area contributed by atoms with E-state index >= 15 is 0 Å². The molecule has 0 aliphatic rings. The Balaban J connectivity index is 2.30. The largest absolute Gasteiger partial charge is 0.397 e. The van der Waals surface area contributed by atoms with Gasteiger partial charge in [-0.05, 0) is 31.5 Å². The molecule has 0 bridgehead atoms. The minimum absolute atomic E-state index is 0.00849. The lowest BCUT2D eigenvalue weighted by Crippen LogP contribution is -2.33. The maximum atomic E-state index is 13.2. The SMILES string of the molecule is CC(CCO)NC(=O)c1sc2ccc(F)cc2c1N. The number of anilines is 1. The third-order valence-electron chi connectivity index (χ3n) is 2.83. The number of hydrogen-bond acceptors (Lipinski definition) is 4. The molecule has 1 aromatic carbocycles. The van der Waals surface area contributed by atoms with Crippen molar-refractivity contribution in [2.75, 3.05) is 12.3 Å². The number of benzene rings is 1. The topological polar surface area (TPSA) is 75.3 Å². The maximum Gasteiger partial charge on any atom is 0.263 e. The predicted octanol–water partition coefficient (Wildman–Crippen LogP) is 2.12. The van der Waals surface area contributed by atoms with Crippen LogP contribution in [0.4, 0.5) is 10.1 Å². The molecule has 4 N–H and O–H groups in total. The Morgan fingerprint density at radius 1 is 1.58 bits per heavy atom. The molecule has 0 aliphatic carbocycles. The van der Waals surface area contributed by atoms with Crippen LogP contribution in [-0.4, -0.2) is 23.7 Å². The minimum Gasteiger partial charge on any atom is -0.397 e. The number of nitrogens with two attached hydrogens (primary N) is 1. The van der Waals surface area contributed by atoms with Crippen molar-refractivity contribution in [3.8, 4) is 0 Å². The fraction of sp³-hybridized carbons (Fsp3) is 0.308. The second-order valence-electron chi connectivity index (χ2n) is 4.37. The first kappa shape index (κ1) is 13.8. The number of fused-ring (bicyclic) bond motifs is 1. The van der Waals surface area contributed by atoms with Crippen molar-refractivity contribution < 1.29 is 14.3 Å². The highest BCUT2D eigenvalue weighted by Crippen LogP contribution is 2.33. The highest BCUT2D eigenvalue weighted by Gasteiger charge is 2.18.